The Morgan fingerprint density at radius 3 is 2.35 bits per heavy atom. The van der Waals surface area contributed by atoms with Gasteiger partial charge in [0.05, 0.1) is 7.11 Å². The molecule has 2 amide bonds. The van der Waals surface area contributed by atoms with Gasteiger partial charge in [-0.15, -0.1) is 6.58 Å². The Morgan fingerprint density at radius 2 is 1.81 bits per heavy atom. The number of esters is 1. The first-order chi connectivity index (χ1) is 12.4. The maximum atomic E-state index is 12.5. The van der Waals surface area contributed by atoms with Gasteiger partial charge in [-0.2, -0.15) is 0 Å². The average molecular weight is 362 g/mol. The van der Waals surface area contributed by atoms with Crippen molar-refractivity contribution >= 4 is 18.0 Å². The number of carbonyl (C=O) groups excluding carboxylic acids is 3. The Hall–Kier alpha value is -2.83. The topological polar surface area (TPSA) is 93.7 Å². The Morgan fingerprint density at radius 1 is 1.15 bits per heavy atom. The molecule has 1 aromatic carbocycles. The first-order valence-electron chi connectivity index (χ1n) is 8.35. The van der Waals surface area contributed by atoms with Gasteiger partial charge >= 0.3 is 12.1 Å². The van der Waals surface area contributed by atoms with Gasteiger partial charge in [-0.25, -0.2) is 9.59 Å². The minimum Gasteiger partial charge on any atom is -0.467 e. The van der Waals surface area contributed by atoms with Crippen molar-refractivity contribution < 1.29 is 23.9 Å². The standard InChI is InChI=1S/C19H26N2O5/c1-5-9-15(18(23)25-4)20-17(22)16(13(2)3)21-19(24)26-12-14-10-7-6-8-11-14/h5-8,10-11,13,15-16H,1,9,12H2,2-4H3,(H,20,22)(H,21,24)/t15-,16-/m1/s1. The van der Waals surface area contributed by atoms with E-state index in [9.17, 15) is 14.4 Å². The van der Waals surface area contributed by atoms with Crippen LogP contribution in [0.2, 0.25) is 0 Å². The summed E-state index contributed by atoms with van der Waals surface area (Å²) >= 11 is 0. The molecule has 0 unspecified atom stereocenters. The molecular formula is C19H26N2O5. The molecule has 1 rings (SSSR count). The normalized spacial score (nSPS) is 12.6. The van der Waals surface area contributed by atoms with Gasteiger partial charge in [0.2, 0.25) is 5.91 Å². The van der Waals surface area contributed by atoms with Crippen LogP contribution in [0.5, 0.6) is 0 Å². The molecule has 0 aromatic heterocycles. The second-order valence-corrected chi connectivity index (χ2v) is 6.04. The molecule has 142 valence electrons. The van der Waals surface area contributed by atoms with Crippen LogP contribution in [0.3, 0.4) is 0 Å². The van der Waals surface area contributed by atoms with Crippen LogP contribution in [0.1, 0.15) is 25.8 Å². The Labute approximate surface area is 153 Å². The summed E-state index contributed by atoms with van der Waals surface area (Å²) in [4.78, 5) is 36.2. The van der Waals surface area contributed by atoms with E-state index < -0.39 is 30.1 Å². The van der Waals surface area contributed by atoms with Crippen LogP contribution in [-0.4, -0.2) is 37.2 Å². The molecule has 0 saturated heterocycles. The molecule has 0 spiro atoms. The third kappa shape index (κ3) is 6.96. The lowest BCUT2D eigenvalue weighted by Crippen LogP contribution is -2.53. The zero-order valence-electron chi connectivity index (χ0n) is 15.4. The van der Waals surface area contributed by atoms with Gasteiger partial charge in [0, 0.05) is 0 Å². The highest BCUT2D eigenvalue weighted by Crippen LogP contribution is 2.06. The SMILES string of the molecule is C=CC[C@@H](NC(=O)[C@H](NC(=O)OCc1ccccc1)C(C)C)C(=O)OC. The Bertz CT molecular complexity index is 616. The number of methoxy groups -OCH3 is 1. The first-order valence-corrected chi connectivity index (χ1v) is 8.35. The molecule has 0 radical (unpaired) electrons. The van der Waals surface area contributed by atoms with E-state index in [1.54, 1.807) is 13.8 Å². The number of ether oxygens (including phenoxy) is 2. The molecule has 1 aromatic rings. The zero-order chi connectivity index (χ0) is 19.5. The van der Waals surface area contributed by atoms with Crippen LogP contribution in [0.15, 0.2) is 43.0 Å². The smallest absolute Gasteiger partial charge is 0.408 e. The molecule has 7 nitrogen and oxygen atoms in total. The fourth-order valence-electron chi connectivity index (χ4n) is 2.21. The highest BCUT2D eigenvalue weighted by molar-refractivity contribution is 5.89. The zero-order valence-corrected chi connectivity index (χ0v) is 15.4. The van der Waals surface area contributed by atoms with E-state index in [2.05, 4.69) is 21.9 Å². The van der Waals surface area contributed by atoms with E-state index in [4.69, 9.17) is 4.74 Å². The highest BCUT2D eigenvalue weighted by atomic mass is 16.5. The van der Waals surface area contributed by atoms with Crippen molar-refractivity contribution in [2.24, 2.45) is 5.92 Å². The van der Waals surface area contributed by atoms with Crippen molar-refractivity contribution in [3.63, 3.8) is 0 Å². The van der Waals surface area contributed by atoms with Crippen molar-refractivity contribution in [3.05, 3.63) is 48.6 Å². The second-order valence-electron chi connectivity index (χ2n) is 6.04. The molecule has 7 heteroatoms. The maximum Gasteiger partial charge on any atom is 0.408 e. The lowest BCUT2D eigenvalue weighted by atomic mass is 10.0. The molecule has 0 fully saturated rings. The molecular weight excluding hydrogens is 336 g/mol. The van der Waals surface area contributed by atoms with Gasteiger partial charge in [-0.1, -0.05) is 50.3 Å². The number of hydrogen-bond acceptors (Lipinski definition) is 5. The van der Waals surface area contributed by atoms with Crippen molar-refractivity contribution in [2.45, 2.75) is 39.0 Å². The summed E-state index contributed by atoms with van der Waals surface area (Å²) in [5, 5.41) is 5.11. The summed E-state index contributed by atoms with van der Waals surface area (Å²) in [5.41, 5.74) is 0.838. The summed E-state index contributed by atoms with van der Waals surface area (Å²) in [6.07, 6.45) is 1.02. The van der Waals surface area contributed by atoms with Crippen molar-refractivity contribution in [3.8, 4) is 0 Å². The van der Waals surface area contributed by atoms with Crippen LogP contribution in [0.25, 0.3) is 0 Å². The van der Waals surface area contributed by atoms with Crippen LogP contribution < -0.4 is 10.6 Å². The van der Waals surface area contributed by atoms with Crippen LogP contribution in [0, 0.1) is 5.92 Å². The molecule has 2 N–H and O–H groups in total. The number of hydrogen-bond donors (Lipinski definition) is 2. The summed E-state index contributed by atoms with van der Waals surface area (Å²) < 4.78 is 9.80. The van der Waals surface area contributed by atoms with E-state index in [0.717, 1.165) is 5.56 Å². The van der Waals surface area contributed by atoms with E-state index in [0.29, 0.717) is 0 Å². The van der Waals surface area contributed by atoms with Gasteiger partial charge in [-0.3, -0.25) is 4.79 Å². The van der Waals surface area contributed by atoms with Crippen LogP contribution in [0.4, 0.5) is 4.79 Å². The average Bonchev–Trinajstić information content (AvgIpc) is 2.63. The third-order valence-electron chi connectivity index (χ3n) is 3.64. The molecule has 26 heavy (non-hydrogen) atoms. The molecule has 0 saturated carbocycles. The second kappa shape index (κ2) is 10.9. The van der Waals surface area contributed by atoms with Crippen molar-refractivity contribution in [1.82, 2.24) is 10.6 Å². The maximum absolute atomic E-state index is 12.5. The predicted molar refractivity (Wildman–Crippen MR) is 97.1 cm³/mol. The molecule has 0 aliphatic heterocycles. The quantitative estimate of drug-likeness (QED) is 0.519. The van der Waals surface area contributed by atoms with E-state index in [-0.39, 0.29) is 18.9 Å². The number of carbonyl (C=O) groups is 3. The number of nitrogens with one attached hydrogen (secondary N) is 2. The van der Waals surface area contributed by atoms with Crippen LogP contribution >= 0.6 is 0 Å². The Balaban J connectivity index is 2.65. The monoisotopic (exact) mass is 362 g/mol. The van der Waals surface area contributed by atoms with Crippen LogP contribution in [-0.2, 0) is 25.7 Å². The van der Waals surface area contributed by atoms with Gasteiger partial charge < -0.3 is 20.1 Å². The van der Waals surface area contributed by atoms with E-state index >= 15 is 0 Å². The van der Waals surface area contributed by atoms with Crippen molar-refractivity contribution in [2.75, 3.05) is 7.11 Å². The predicted octanol–water partition coefficient (Wildman–Crippen LogP) is 2.17. The summed E-state index contributed by atoms with van der Waals surface area (Å²) in [5.74, 6) is -1.28. The lowest BCUT2D eigenvalue weighted by molar-refractivity contribution is -0.145. The van der Waals surface area contributed by atoms with Gasteiger partial charge in [0.1, 0.15) is 18.7 Å². The fourth-order valence-corrected chi connectivity index (χ4v) is 2.21. The number of benzene rings is 1. The summed E-state index contributed by atoms with van der Waals surface area (Å²) in [6.45, 7) is 7.21. The van der Waals surface area contributed by atoms with Gasteiger partial charge in [-0.05, 0) is 17.9 Å². The first kappa shape index (κ1) is 21.2. The van der Waals surface area contributed by atoms with Gasteiger partial charge in [0.15, 0.2) is 0 Å². The molecule has 2 atom stereocenters. The highest BCUT2D eigenvalue weighted by Gasteiger charge is 2.29. The largest absolute Gasteiger partial charge is 0.467 e. The summed E-state index contributed by atoms with van der Waals surface area (Å²) in [6, 6.07) is 7.50. The molecule has 0 bridgehead atoms. The number of alkyl carbamates (subject to hydrolysis) is 1. The lowest BCUT2D eigenvalue weighted by Gasteiger charge is -2.24. The molecule has 0 heterocycles. The molecule has 0 aliphatic carbocycles. The third-order valence-corrected chi connectivity index (χ3v) is 3.64. The number of amides is 2. The minimum atomic E-state index is -0.853. The summed E-state index contributed by atoms with van der Waals surface area (Å²) in [7, 11) is 1.24. The number of rotatable bonds is 9. The van der Waals surface area contributed by atoms with E-state index in [1.807, 2.05) is 30.3 Å². The van der Waals surface area contributed by atoms with Gasteiger partial charge in [0.25, 0.3) is 0 Å². The van der Waals surface area contributed by atoms with E-state index in [1.165, 1.54) is 13.2 Å². The van der Waals surface area contributed by atoms with Crippen molar-refractivity contribution in [1.29, 1.82) is 0 Å². The molecule has 0 aliphatic rings. The minimum absolute atomic E-state index is 0.0976. The fraction of sp³-hybridized carbons (Fsp3) is 0.421. The Kier molecular flexibility index (Phi) is 8.91.